The maximum Gasteiger partial charge on any atom is 0.222 e. The molecule has 1 heterocycles. The number of amides is 1. The first-order chi connectivity index (χ1) is 12.9. The van der Waals surface area contributed by atoms with E-state index in [0.717, 1.165) is 36.9 Å². The predicted octanol–water partition coefficient (Wildman–Crippen LogP) is 1.86. The van der Waals surface area contributed by atoms with Crippen LogP contribution in [0.1, 0.15) is 20.3 Å². The minimum atomic E-state index is -0.00427. The highest BCUT2D eigenvalue weighted by atomic mass is 35.5. The van der Waals surface area contributed by atoms with Gasteiger partial charge in [-0.1, -0.05) is 25.4 Å². The molecule has 27 heavy (non-hydrogen) atoms. The molecule has 0 spiro atoms. The number of methoxy groups -OCH3 is 1. The zero-order chi connectivity index (χ0) is 19.8. The number of benzene rings is 1. The van der Waals surface area contributed by atoms with Crippen LogP contribution in [0, 0.1) is 5.92 Å². The Morgan fingerprint density at radius 2 is 2.11 bits per heavy atom. The van der Waals surface area contributed by atoms with Crippen LogP contribution in [-0.4, -0.2) is 58.2 Å². The maximum atomic E-state index is 11.6. The summed E-state index contributed by atoms with van der Waals surface area (Å²) in [5, 5.41) is 10.3. The summed E-state index contributed by atoms with van der Waals surface area (Å²) in [7, 11) is 3.41. The molecule has 1 unspecified atom stereocenters. The lowest BCUT2D eigenvalue weighted by Gasteiger charge is -2.22. The van der Waals surface area contributed by atoms with Gasteiger partial charge in [0.25, 0.3) is 0 Å². The van der Waals surface area contributed by atoms with E-state index in [-0.39, 0.29) is 17.9 Å². The molecule has 1 aliphatic heterocycles. The van der Waals surface area contributed by atoms with Gasteiger partial charge in [0.1, 0.15) is 5.75 Å². The van der Waals surface area contributed by atoms with Crippen molar-refractivity contribution < 1.29 is 9.53 Å². The summed E-state index contributed by atoms with van der Waals surface area (Å²) in [4.78, 5) is 18.1. The molecule has 1 saturated heterocycles. The van der Waals surface area contributed by atoms with Crippen molar-refractivity contribution in [3.05, 3.63) is 23.2 Å². The summed E-state index contributed by atoms with van der Waals surface area (Å²) in [6.45, 7) is 6.69. The van der Waals surface area contributed by atoms with E-state index in [1.165, 1.54) is 0 Å². The normalized spacial score (nSPS) is 17.2. The summed E-state index contributed by atoms with van der Waals surface area (Å²) < 4.78 is 5.46. The van der Waals surface area contributed by atoms with Crippen molar-refractivity contribution in [2.75, 3.05) is 45.2 Å². The van der Waals surface area contributed by atoms with Crippen molar-refractivity contribution in [1.82, 2.24) is 16.0 Å². The summed E-state index contributed by atoms with van der Waals surface area (Å²) in [6, 6.07) is 5.93. The second kappa shape index (κ2) is 10.3. The molecule has 1 aliphatic rings. The van der Waals surface area contributed by atoms with Crippen LogP contribution in [0.4, 0.5) is 5.69 Å². The van der Waals surface area contributed by atoms with E-state index in [1.54, 1.807) is 14.2 Å². The first-order valence-corrected chi connectivity index (χ1v) is 9.65. The number of hydrogen-bond donors (Lipinski definition) is 3. The Bertz CT molecular complexity index is 666. The number of halogens is 1. The Kier molecular flexibility index (Phi) is 8.03. The van der Waals surface area contributed by atoms with Gasteiger partial charge in [-0.05, 0) is 24.6 Å². The maximum absolute atomic E-state index is 11.6. The van der Waals surface area contributed by atoms with E-state index < -0.39 is 0 Å². The van der Waals surface area contributed by atoms with Crippen molar-refractivity contribution in [2.24, 2.45) is 10.9 Å². The number of guanidine groups is 1. The molecule has 1 amide bonds. The van der Waals surface area contributed by atoms with Crippen molar-refractivity contribution in [1.29, 1.82) is 0 Å². The zero-order valence-electron chi connectivity index (χ0n) is 16.5. The van der Waals surface area contributed by atoms with E-state index in [0.29, 0.717) is 18.1 Å². The van der Waals surface area contributed by atoms with Crippen LogP contribution in [-0.2, 0) is 4.79 Å². The SMILES string of the molecule is CN=C(NCCNC(=O)C(C)C)NC1CCN(c2cc(Cl)ccc2OC)C1. The fourth-order valence-corrected chi connectivity index (χ4v) is 3.13. The van der Waals surface area contributed by atoms with Crippen LogP contribution in [0.25, 0.3) is 0 Å². The lowest BCUT2D eigenvalue weighted by Crippen LogP contribution is -2.46. The molecule has 3 N–H and O–H groups in total. The quantitative estimate of drug-likeness (QED) is 0.373. The number of carbonyl (C=O) groups excluding carboxylic acids is 1. The molecule has 1 aromatic carbocycles. The van der Waals surface area contributed by atoms with Gasteiger partial charge in [0.05, 0.1) is 12.8 Å². The van der Waals surface area contributed by atoms with E-state index in [9.17, 15) is 4.79 Å². The van der Waals surface area contributed by atoms with Gasteiger partial charge in [0, 0.05) is 50.2 Å². The van der Waals surface area contributed by atoms with Gasteiger partial charge in [-0.2, -0.15) is 0 Å². The number of aliphatic imine (C=N–C) groups is 1. The molecule has 1 aromatic rings. The lowest BCUT2D eigenvalue weighted by atomic mass is 10.2. The molecule has 0 radical (unpaired) electrons. The zero-order valence-corrected chi connectivity index (χ0v) is 17.3. The van der Waals surface area contributed by atoms with Crippen molar-refractivity contribution in [2.45, 2.75) is 26.3 Å². The summed E-state index contributed by atoms with van der Waals surface area (Å²) in [6.07, 6.45) is 0.987. The van der Waals surface area contributed by atoms with E-state index in [1.807, 2.05) is 32.0 Å². The Morgan fingerprint density at radius 1 is 1.37 bits per heavy atom. The topological polar surface area (TPSA) is 78.0 Å². The summed E-state index contributed by atoms with van der Waals surface area (Å²) in [5.74, 6) is 1.61. The van der Waals surface area contributed by atoms with Crippen LogP contribution in [0.3, 0.4) is 0 Å². The van der Waals surface area contributed by atoms with Gasteiger partial charge in [-0.3, -0.25) is 9.79 Å². The molecule has 1 atom stereocenters. The van der Waals surface area contributed by atoms with Gasteiger partial charge < -0.3 is 25.6 Å². The van der Waals surface area contributed by atoms with Gasteiger partial charge >= 0.3 is 0 Å². The Labute approximate surface area is 166 Å². The van der Waals surface area contributed by atoms with Crippen molar-refractivity contribution in [3.63, 3.8) is 0 Å². The first kappa shape index (κ1) is 21.2. The number of hydrogen-bond acceptors (Lipinski definition) is 4. The number of nitrogens with zero attached hydrogens (tertiary/aromatic N) is 2. The molecular weight excluding hydrogens is 366 g/mol. The predicted molar refractivity (Wildman–Crippen MR) is 111 cm³/mol. The average Bonchev–Trinajstić information content (AvgIpc) is 3.12. The Morgan fingerprint density at radius 3 is 2.78 bits per heavy atom. The van der Waals surface area contributed by atoms with Gasteiger partial charge in [-0.25, -0.2) is 0 Å². The summed E-state index contributed by atoms with van der Waals surface area (Å²) in [5.41, 5.74) is 1.01. The van der Waals surface area contributed by atoms with Crippen molar-refractivity contribution in [3.8, 4) is 5.75 Å². The highest BCUT2D eigenvalue weighted by Crippen LogP contribution is 2.33. The fourth-order valence-electron chi connectivity index (χ4n) is 2.97. The van der Waals surface area contributed by atoms with Crippen LogP contribution in [0.5, 0.6) is 5.75 Å². The van der Waals surface area contributed by atoms with Crippen LogP contribution in [0.15, 0.2) is 23.2 Å². The monoisotopic (exact) mass is 395 g/mol. The molecule has 150 valence electrons. The largest absolute Gasteiger partial charge is 0.495 e. The first-order valence-electron chi connectivity index (χ1n) is 9.28. The highest BCUT2D eigenvalue weighted by molar-refractivity contribution is 6.30. The minimum Gasteiger partial charge on any atom is -0.495 e. The summed E-state index contributed by atoms with van der Waals surface area (Å²) >= 11 is 6.15. The second-order valence-electron chi connectivity index (χ2n) is 6.84. The molecule has 0 bridgehead atoms. The fraction of sp³-hybridized carbons (Fsp3) is 0.579. The van der Waals surface area contributed by atoms with E-state index in [4.69, 9.17) is 16.3 Å². The van der Waals surface area contributed by atoms with E-state index in [2.05, 4.69) is 25.8 Å². The van der Waals surface area contributed by atoms with E-state index >= 15 is 0 Å². The average molecular weight is 396 g/mol. The molecule has 0 aliphatic carbocycles. The van der Waals surface area contributed by atoms with Crippen LogP contribution >= 0.6 is 11.6 Å². The third-order valence-electron chi connectivity index (χ3n) is 4.48. The van der Waals surface area contributed by atoms with Gasteiger partial charge in [0.15, 0.2) is 5.96 Å². The third kappa shape index (κ3) is 6.20. The smallest absolute Gasteiger partial charge is 0.222 e. The van der Waals surface area contributed by atoms with Crippen molar-refractivity contribution >= 4 is 29.2 Å². The molecule has 8 heteroatoms. The number of nitrogens with one attached hydrogen (secondary N) is 3. The third-order valence-corrected chi connectivity index (χ3v) is 4.71. The number of anilines is 1. The standard InChI is InChI=1S/C19H30ClN5O2/c1-13(2)18(26)22-8-9-23-19(21-3)24-15-7-10-25(12-15)16-11-14(20)5-6-17(16)27-4/h5-6,11,13,15H,7-10,12H2,1-4H3,(H,22,26)(H2,21,23,24). The molecule has 7 nitrogen and oxygen atoms in total. The molecular formula is C19H30ClN5O2. The highest BCUT2D eigenvalue weighted by Gasteiger charge is 2.25. The van der Waals surface area contributed by atoms with Crippen LogP contribution in [0.2, 0.25) is 5.02 Å². The molecule has 0 aromatic heterocycles. The Hall–Kier alpha value is -2.15. The number of ether oxygens (including phenoxy) is 1. The van der Waals surface area contributed by atoms with Crippen LogP contribution < -0.4 is 25.6 Å². The van der Waals surface area contributed by atoms with Gasteiger partial charge in [-0.15, -0.1) is 0 Å². The minimum absolute atomic E-state index is 0.00427. The number of carbonyl (C=O) groups is 1. The lowest BCUT2D eigenvalue weighted by molar-refractivity contribution is -0.123. The molecule has 0 saturated carbocycles. The van der Waals surface area contributed by atoms with Gasteiger partial charge in [0.2, 0.25) is 5.91 Å². The molecule has 2 rings (SSSR count). The Balaban J connectivity index is 1.82. The second-order valence-corrected chi connectivity index (χ2v) is 7.27. The molecule has 1 fully saturated rings. The number of rotatable bonds is 7.